The quantitative estimate of drug-likeness (QED) is 0.541. The highest BCUT2D eigenvalue weighted by Crippen LogP contribution is 2.51. The van der Waals surface area contributed by atoms with E-state index in [2.05, 4.69) is 11.1 Å². The summed E-state index contributed by atoms with van der Waals surface area (Å²) in [5.74, 6) is 0.863. The number of ether oxygens (including phenoxy) is 3. The minimum Gasteiger partial charge on any atom is -0.493 e. The average molecular weight is 491 g/mol. The summed E-state index contributed by atoms with van der Waals surface area (Å²) in [6, 6.07) is 9.55. The van der Waals surface area contributed by atoms with Gasteiger partial charge in [-0.3, -0.25) is 15.2 Å². The molecule has 3 aromatic rings. The van der Waals surface area contributed by atoms with Gasteiger partial charge >= 0.3 is 0 Å². The van der Waals surface area contributed by atoms with Crippen LogP contribution in [0.2, 0.25) is 0 Å². The number of carbonyl (C=O) groups is 1. The molecule has 0 spiro atoms. The van der Waals surface area contributed by atoms with Crippen molar-refractivity contribution in [3.05, 3.63) is 58.0 Å². The van der Waals surface area contributed by atoms with E-state index in [4.69, 9.17) is 19.6 Å². The Morgan fingerprint density at radius 3 is 2.40 bits per heavy atom. The van der Waals surface area contributed by atoms with Crippen LogP contribution in [0.5, 0.6) is 17.2 Å². The van der Waals surface area contributed by atoms with Gasteiger partial charge in [-0.1, -0.05) is 6.92 Å². The minimum absolute atomic E-state index is 0.180. The Kier molecular flexibility index (Phi) is 6.50. The van der Waals surface area contributed by atoms with Crippen LogP contribution in [-0.4, -0.2) is 50.0 Å². The van der Waals surface area contributed by atoms with Gasteiger partial charge in [0.2, 0.25) is 11.7 Å². The van der Waals surface area contributed by atoms with Crippen LogP contribution in [0.1, 0.15) is 35.3 Å². The summed E-state index contributed by atoms with van der Waals surface area (Å²) in [5, 5.41) is 19.8. The van der Waals surface area contributed by atoms with E-state index in [0.29, 0.717) is 29.2 Å². The summed E-state index contributed by atoms with van der Waals surface area (Å²) in [6.45, 7) is 2.01. The molecule has 1 fully saturated rings. The molecule has 4 rings (SSSR count). The maximum Gasteiger partial charge on any atom is 0.236 e. The number of amidine groups is 1. The summed E-state index contributed by atoms with van der Waals surface area (Å²) in [6.07, 6.45) is 3.61. The third kappa shape index (κ3) is 4.10. The van der Waals surface area contributed by atoms with Crippen LogP contribution in [0.15, 0.2) is 42.0 Å². The van der Waals surface area contributed by atoms with Crippen molar-refractivity contribution < 1.29 is 19.0 Å². The van der Waals surface area contributed by atoms with Crippen LogP contribution < -0.4 is 14.2 Å². The number of methoxy groups -OCH3 is 3. The first-order valence-electron chi connectivity index (χ1n) is 10.9. The predicted octanol–water partition coefficient (Wildman–Crippen LogP) is 4.59. The first kappa shape index (κ1) is 24.2. The lowest BCUT2D eigenvalue weighted by Crippen LogP contribution is -2.51. The van der Waals surface area contributed by atoms with Gasteiger partial charge < -0.3 is 19.1 Å². The summed E-state index contributed by atoms with van der Waals surface area (Å²) in [4.78, 5) is 20.2. The molecule has 1 N–H and O–H groups in total. The Hall–Kier alpha value is -3.90. The van der Waals surface area contributed by atoms with Crippen molar-refractivity contribution in [1.29, 1.82) is 10.7 Å². The molecule has 2 aromatic heterocycles. The predicted molar refractivity (Wildman–Crippen MR) is 134 cm³/mol. The number of nitrogens with one attached hydrogen (secondary N) is 1. The highest BCUT2D eigenvalue weighted by atomic mass is 32.1. The number of rotatable bonds is 6. The zero-order valence-electron chi connectivity index (χ0n) is 20.2. The van der Waals surface area contributed by atoms with E-state index >= 15 is 0 Å². The van der Waals surface area contributed by atoms with E-state index in [1.54, 1.807) is 45.7 Å². The number of hydrogen-bond donors (Lipinski definition) is 1. The fourth-order valence-corrected chi connectivity index (χ4v) is 5.73. The summed E-state index contributed by atoms with van der Waals surface area (Å²) in [7, 11) is 6.25. The highest BCUT2D eigenvalue weighted by molar-refractivity contribution is 7.10. The molecule has 0 radical (unpaired) electrons. The molecule has 1 unspecified atom stereocenters. The topological polar surface area (TPSA) is 109 Å². The number of aromatic nitrogens is 1. The molecule has 0 saturated carbocycles. The number of benzene rings is 1. The number of likely N-dealkylation sites (N-methyl/N-ethyl adjacent to an activating group) is 1. The lowest BCUT2D eigenvalue weighted by molar-refractivity contribution is -0.131. The highest BCUT2D eigenvalue weighted by Gasteiger charge is 2.49. The van der Waals surface area contributed by atoms with Crippen LogP contribution in [0, 0.1) is 16.7 Å². The number of nitrogens with zero attached hydrogens (tertiary/aromatic N) is 3. The van der Waals surface area contributed by atoms with Crippen molar-refractivity contribution in [3.63, 3.8) is 0 Å². The van der Waals surface area contributed by atoms with Crippen LogP contribution in [-0.2, 0) is 10.2 Å². The molecule has 9 heteroatoms. The van der Waals surface area contributed by atoms with E-state index < -0.39 is 11.3 Å². The normalized spacial score (nSPS) is 19.9. The maximum absolute atomic E-state index is 13.7. The molecule has 1 aliphatic rings. The van der Waals surface area contributed by atoms with Gasteiger partial charge in [-0.2, -0.15) is 5.26 Å². The van der Waals surface area contributed by atoms with Crippen LogP contribution >= 0.6 is 11.3 Å². The Labute approximate surface area is 208 Å². The number of carbonyl (C=O) groups excluding carboxylic acids is 1. The zero-order valence-corrected chi connectivity index (χ0v) is 21.0. The van der Waals surface area contributed by atoms with E-state index in [-0.39, 0.29) is 11.7 Å². The molecule has 180 valence electrons. The first-order valence-corrected chi connectivity index (χ1v) is 11.7. The summed E-state index contributed by atoms with van der Waals surface area (Å²) in [5.41, 5.74) is 2.24. The Morgan fingerprint density at radius 1 is 1.11 bits per heavy atom. The number of pyridine rings is 1. The van der Waals surface area contributed by atoms with Gasteiger partial charge in [-0.15, -0.1) is 11.3 Å². The fraction of sp³-hybridized carbons (Fsp3) is 0.308. The standard InChI is InChI=1S/C26H26N4O4S/c1-26(21-9-18(14-35-21)17-6-15(11-27)12-29-13-17)10-22(28)30(2)25(31)23(26)16-7-19(32-3)24(34-5)20(8-16)33-4/h6-9,12-14,23,28H,10H2,1-5H3/t23?,26-/m1/s1. The molecule has 0 aliphatic carbocycles. The fourth-order valence-electron chi connectivity index (χ4n) is 4.62. The number of amides is 1. The second-order valence-corrected chi connectivity index (χ2v) is 9.51. The number of thiophene rings is 1. The second kappa shape index (κ2) is 9.39. The van der Waals surface area contributed by atoms with Crippen LogP contribution in [0.4, 0.5) is 0 Å². The number of hydrogen-bond acceptors (Lipinski definition) is 8. The summed E-state index contributed by atoms with van der Waals surface area (Å²) >= 11 is 1.53. The molecular formula is C26H26N4O4S. The Balaban J connectivity index is 1.87. The van der Waals surface area contributed by atoms with Gasteiger partial charge in [0.05, 0.1) is 32.8 Å². The SMILES string of the molecule is COc1cc(C2C(=O)N(C)C(=N)C[C@]2(C)c2cc(-c3cncc(C#N)c3)cs2)cc(OC)c1OC. The lowest BCUT2D eigenvalue weighted by Gasteiger charge is -2.44. The van der Waals surface area contributed by atoms with Crippen LogP contribution in [0.3, 0.4) is 0 Å². The third-order valence-corrected chi connectivity index (χ3v) is 7.75. The van der Waals surface area contributed by atoms with Crippen LogP contribution in [0.25, 0.3) is 11.1 Å². The second-order valence-electron chi connectivity index (χ2n) is 8.60. The average Bonchev–Trinajstić information content (AvgIpc) is 3.38. The third-order valence-electron chi connectivity index (χ3n) is 6.54. The largest absolute Gasteiger partial charge is 0.493 e. The van der Waals surface area contributed by atoms with Gasteiger partial charge in [0.1, 0.15) is 11.9 Å². The molecule has 1 amide bonds. The summed E-state index contributed by atoms with van der Waals surface area (Å²) < 4.78 is 16.6. The molecule has 3 heterocycles. The van der Waals surface area contributed by atoms with Gasteiger partial charge in [-0.05, 0) is 40.8 Å². The van der Waals surface area contributed by atoms with Gasteiger partial charge in [-0.25, -0.2) is 0 Å². The Morgan fingerprint density at radius 2 is 1.80 bits per heavy atom. The van der Waals surface area contributed by atoms with Crippen molar-refractivity contribution in [2.45, 2.75) is 24.7 Å². The molecule has 0 bridgehead atoms. The lowest BCUT2D eigenvalue weighted by atomic mass is 9.67. The van der Waals surface area contributed by atoms with Crippen molar-refractivity contribution >= 4 is 23.1 Å². The van der Waals surface area contributed by atoms with Gasteiger partial charge in [0.15, 0.2) is 11.5 Å². The number of piperidine rings is 1. The van der Waals surface area contributed by atoms with Gasteiger partial charge in [0, 0.05) is 41.7 Å². The van der Waals surface area contributed by atoms with E-state index in [0.717, 1.165) is 21.6 Å². The molecule has 8 nitrogen and oxygen atoms in total. The van der Waals surface area contributed by atoms with Crippen molar-refractivity contribution in [2.75, 3.05) is 28.4 Å². The maximum atomic E-state index is 13.7. The number of nitriles is 1. The van der Waals surface area contributed by atoms with E-state index in [1.165, 1.54) is 29.5 Å². The molecule has 2 atom stereocenters. The van der Waals surface area contributed by atoms with E-state index in [1.807, 2.05) is 18.4 Å². The van der Waals surface area contributed by atoms with Crippen molar-refractivity contribution in [1.82, 2.24) is 9.88 Å². The van der Waals surface area contributed by atoms with Crippen molar-refractivity contribution in [3.8, 4) is 34.4 Å². The minimum atomic E-state index is -0.700. The van der Waals surface area contributed by atoms with E-state index in [9.17, 15) is 10.1 Å². The van der Waals surface area contributed by atoms with Gasteiger partial charge in [0.25, 0.3) is 0 Å². The zero-order chi connectivity index (χ0) is 25.3. The molecule has 35 heavy (non-hydrogen) atoms. The Bertz CT molecular complexity index is 1320. The molecule has 1 aromatic carbocycles. The molecular weight excluding hydrogens is 464 g/mol. The van der Waals surface area contributed by atoms with Crippen molar-refractivity contribution in [2.24, 2.45) is 0 Å². The first-order chi connectivity index (χ1) is 16.8. The smallest absolute Gasteiger partial charge is 0.236 e. The number of likely N-dealkylation sites (tertiary alicyclic amines) is 1. The monoisotopic (exact) mass is 490 g/mol. The molecule has 1 aliphatic heterocycles. The molecule has 1 saturated heterocycles.